The predicted octanol–water partition coefficient (Wildman–Crippen LogP) is 3.43. The molecule has 0 amide bonds. The van der Waals surface area contributed by atoms with E-state index in [1.807, 2.05) is 0 Å². The van der Waals surface area contributed by atoms with Gasteiger partial charge in [-0.2, -0.15) is 0 Å². The summed E-state index contributed by atoms with van der Waals surface area (Å²) in [6, 6.07) is 0. The van der Waals surface area contributed by atoms with Crippen LogP contribution in [0.1, 0.15) is 64.7 Å². The number of ketones is 1. The van der Waals surface area contributed by atoms with Crippen molar-refractivity contribution in [2.45, 2.75) is 76.7 Å². The van der Waals surface area contributed by atoms with Crippen LogP contribution >= 0.6 is 0 Å². The highest BCUT2D eigenvalue weighted by molar-refractivity contribution is 5.85. The summed E-state index contributed by atoms with van der Waals surface area (Å²) in [5.41, 5.74) is 1.31. The molecular weight excluding hydrogens is 402 g/mol. The summed E-state index contributed by atoms with van der Waals surface area (Å²) >= 11 is 0. The first-order valence-electron chi connectivity index (χ1n) is 12.1. The summed E-state index contributed by atoms with van der Waals surface area (Å²) < 4.78 is 26.8. The number of carbonyl (C=O) groups excluding carboxylic acids is 1. The van der Waals surface area contributed by atoms with Gasteiger partial charge >= 0.3 is 0 Å². The normalized spacial score (nSPS) is 46.8. The Morgan fingerprint density at radius 2 is 1.94 bits per heavy atom. The lowest BCUT2D eigenvalue weighted by Crippen LogP contribution is -2.53. The van der Waals surface area contributed by atoms with E-state index < -0.39 is 12.0 Å². The van der Waals surface area contributed by atoms with Crippen molar-refractivity contribution in [3.8, 4) is 0 Å². The molecular formula is C23H36F2N4O2. The van der Waals surface area contributed by atoms with E-state index in [9.17, 15) is 18.7 Å². The van der Waals surface area contributed by atoms with Crippen LogP contribution in [0.3, 0.4) is 0 Å². The fraction of sp³-hybridized carbons (Fsp3) is 0.913. The Labute approximate surface area is 183 Å². The van der Waals surface area contributed by atoms with Crippen LogP contribution in [0.4, 0.5) is 8.78 Å². The molecule has 0 aromatic carbocycles. The number of hydrogen-bond donors (Lipinski definition) is 2. The highest BCUT2D eigenvalue weighted by atomic mass is 19.3. The Morgan fingerprint density at radius 3 is 2.65 bits per heavy atom. The van der Waals surface area contributed by atoms with Crippen molar-refractivity contribution >= 4 is 12.1 Å². The third-order valence-electron chi connectivity index (χ3n) is 9.80. The number of alkyl halides is 2. The van der Waals surface area contributed by atoms with Crippen molar-refractivity contribution in [1.29, 1.82) is 0 Å². The van der Waals surface area contributed by atoms with Crippen molar-refractivity contribution < 1.29 is 18.7 Å². The van der Waals surface area contributed by atoms with Gasteiger partial charge in [-0.25, -0.2) is 13.9 Å². The SMILES string of the molecule is CN1N=CN(CC(=O)[C@H]2CC[C@H]3[C@@H]4CC[C@@H]5C[C@@](O)(C(F)F)CC[C@@H]5[C@H]4CC[C@]23C)N1. The van der Waals surface area contributed by atoms with E-state index in [0.717, 1.165) is 44.9 Å². The highest BCUT2D eigenvalue weighted by Gasteiger charge is 2.59. The van der Waals surface area contributed by atoms with Gasteiger partial charge in [0.15, 0.2) is 5.78 Å². The van der Waals surface area contributed by atoms with Crippen molar-refractivity contribution in [2.24, 2.45) is 46.0 Å². The van der Waals surface area contributed by atoms with E-state index in [0.29, 0.717) is 36.0 Å². The largest absolute Gasteiger partial charge is 0.384 e. The summed E-state index contributed by atoms with van der Waals surface area (Å²) in [7, 11) is 1.80. The van der Waals surface area contributed by atoms with Crippen LogP contribution in [0.5, 0.6) is 0 Å². The molecule has 0 spiro atoms. The lowest BCUT2D eigenvalue weighted by molar-refractivity contribution is -0.160. The molecule has 4 fully saturated rings. The number of nitrogens with zero attached hydrogens (tertiary/aromatic N) is 3. The van der Waals surface area contributed by atoms with E-state index in [1.165, 1.54) is 0 Å². The molecule has 1 aliphatic heterocycles. The topological polar surface area (TPSA) is 68.2 Å². The van der Waals surface area contributed by atoms with E-state index >= 15 is 0 Å². The fourth-order valence-corrected chi connectivity index (χ4v) is 8.37. The monoisotopic (exact) mass is 438 g/mol. The number of carbonyl (C=O) groups is 1. The fourth-order valence-electron chi connectivity index (χ4n) is 8.37. The molecule has 0 saturated heterocycles. The van der Waals surface area contributed by atoms with Crippen molar-refractivity contribution in [2.75, 3.05) is 13.6 Å². The molecule has 5 aliphatic rings. The molecule has 1 heterocycles. The number of hydrogen-bond acceptors (Lipinski definition) is 6. The summed E-state index contributed by atoms with van der Waals surface area (Å²) in [6.07, 6.45) is 6.48. The summed E-state index contributed by atoms with van der Waals surface area (Å²) in [4.78, 5) is 13.2. The Bertz CT molecular complexity index is 751. The van der Waals surface area contributed by atoms with Crippen molar-refractivity contribution in [3.63, 3.8) is 0 Å². The zero-order chi connectivity index (χ0) is 22.0. The first-order chi connectivity index (χ1) is 14.7. The second-order valence-electron chi connectivity index (χ2n) is 11.2. The molecule has 8 heteroatoms. The molecule has 8 atom stereocenters. The highest BCUT2D eigenvalue weighted by Crippen LogP contribution is 2.64. The second kappa shape index (κ2) is 7.65. The number of nitrogens with one attached hydrogen (secondary N) is 1. The van der Waals surface area contributed by atoms with Crippen molar-refractivity contribution in [3.05, 3.63) is 0 Å². The minimum Gasteiger partial charge on any atom is -0.384 e. The summed E-state index contributed by atoms with van der Waals surface area (Å²) in [6.45, 7) is 2.68. The van der Waals surface area contributed by atoms with Gasteiger partial charge in [0.05, 0.1) is 6.54 Å². The van der Waals surface area contributed by atoms with Gasteiger partial charge in [-0.1, -0.05) is 6.92 Å². The first kappa shape index (κ1) is 21.6. The van der Waals surface area contributed by atoms with Crippen LogP contribution in [-0.2, 0) is 4.79 Å². The molecule has 0 aromatic heterocycles. The maximum Gasteiger partial charge on any atom is 0.266 e. The second-order valence-corrected chi connectivity index (χ2v) is 11.2. The Kier molecular flexibility index (Phi) is 5.32. The van der Waals surface area contributed by atoms with Crippen LogP contribution in [0.25, 0.3) is 0 Å². The number of hydrazine groups is 2. The number of rotatable bonds is 4. The number of Topliss-reactive ketones (excluding diaryl/α,β-unsaturated/α-hetero) is 1. The molecule has 0 bridgehead atoms. The Morgan fingerprint density at radius 1 is 1.16 bits per heavy atom. The smallest absolute Gasteiger partial charge is 0.266 e. The van der Waals surface area contributed by atoms with Crippen LogP contribution in [-0.4, -0.2) is 53.0 Å². The summed E-state index contributed by atoms with van der Waals surface area (Å²) in [5, 5.41) is 17.9. The maximum atomic E-state index is 13.4. The molecule has 0 aromatic rings. The van der Waals surface area contributed by atoms with Gasteiger partial charge in [0.1, 0.15) is 11.9 Å². The van der Waals surface area contributed by atoms with Crippen LogP contribution < -0.4 is 5.53 Å². The first-order valence-corrected chi connectivity index (χ1v) is 12.1. The molecule has 0 unspecified atom stereocenters. The zero-order valence-corrected chi connectivity index (χ0v) is 18.6. The number of halogens is 2. The predicted molar refractivity (Wildman–Crippen MR) is 113 cm³/mol. The summed E-state index contributed by atoms with van der Waals surface area (Å²) in [5.74, 6) is 2.83. The van der Waals surface area contributed by atoms with Crippen LogP contribution in [0.2, 0.25) is 0 Å². The standard InChI is InChI=1S/C23H36F2N4O2/c1-22-9-7-16-15-8-10-23(31,21(24)25)11-14(15)3-4-17(16)18(22)5-6-19(22)20(30)12-29-13-26-28(2)27-29/h13-19,21,27,31H,3-12H2,1-2H3/t14-,15+,16-,17-,18+,19-,22+,23-/m1/s1. The molecule has 4 aliphatic carbocycles. The van der Waals surface area contributed by atoms with Gasteiger partial charge in [-0.05, 0) is 92.8 Å². The van der Waals surface area contributed by atoms with E-state index in [-0.39, 0.29) is 30.1 Å². The molecule has 0 radical (unpaired) electrons. The quantitative estimate of drug-likeness (QED) is 0.704. The van der Waals surface area contributed by atoms with Gasteiger partial charge in [0.2, 0.25) is 0 Å². The molecule has 2 N–H and O–H groups in total. The lowest BCUT2D eigenvalue weighted by atomic mass is 9.49. The molecule has 4 saturated carbocycles. The Balaban J connectivity index is 1.27. The molecule has 174 valence electrons. The van der Waals surface area contributed by atoms with Crippen LogP contribution in [0.15, 0.2) is 5.10 Å². The Hall–Kier alpha value is -1.28. The minimum absolute atomic E-state index is 0.0478. The molecule has 6 nitrogen and oxygen atoms in total. The number of aliphatic hydroxyl groups is 1. The van der Waals surface area contributed by atoms with Crippen LogP contribution in [0, 0.1) is 40.9 Å². The number of fused-ring (bicyclic) bond motifs is 5. The number of hydrazone groups is 1. The molecule has 31 heavy (non-hydrogen) atoms. The lowest BCUT2D eigenvalue weighted by Gasteiger charge is -2.57. The minimum atomic E-state index is -2.64. The average Bonchev–Trinajstić information content (AvgIpc) is 3.29. The van der Waals surface area contributed by atoms with Crippen molar-refractivity contribution in [1.82, 2.24) is 15.7 Å². The molecule has 5 rings (SSSR count). The van der Waals surface area contributed by atoms with Gasteiger partial charge in [0.25, 0.3) is 6.43 Å². The zero-order valence-electron chi connectivity index (χ0n) is 18.6. The van der Waals surface area contributed by atoms with Gasteiger partial charge in [-0.3, -0.25) is 9.80 Å². The maximum absolute atomic E-state index is 13.4. The van der Waals surface area contributed by atoms with E-state index in [2.05, 4.69) is 17.6 Å². The average molecular weight is 439 g/mol. The van der Waals surface area contributed by atoms with Gasteiger partial charge in [-0.15, -0.1) is 10.6 Å². The van der Waals surface area contributed by atoms with E-state index in [4.69, 9.17) is 0 Å². The third kappa shape index (κ3) is 3.48. The van der Waals surface area contributed by atoms with Gasteiger partial charge in [0, 0.05) is 13.0 Å². The van der Waals surface area contributed by atoms with Gasteiger partial charge < -0.3 is 5.11 Å². The third-order valence-corrected chi connectivity index (χ3v) is 9.80. The van der Waals surface area contributed by atoms with E-state index in [1.54, 1.807) is 23.5 Å².